The summed E-state index contributed by atoms with van der Waals surface area (Å²) < 4.78 is 20.3. The molecule has 6 rings (SSSR count). The molecule has 2 saturated heterocycles. The van der Waals surface area contributed by atoms with Crippen LogP contribution in [0.5, 0.6) is 0 Å². The van der Waals surface area contributed by atoms with Crippen LogP contribution in [-0.4, -0.2) is 46.2 Å². The van der Waals surface area contributed by atoms with Gasteiger partial charge in [0.25, 0.3) is 5.56 Å². The lowest BCUT2D eigenvalue weighted by molar-refractivity contribution is -0.199. The van der Waals surface area contributed by atoms with E-state index in [-0.39, 0.29) is 29.5 Å². The molecule has 5 aliphatic rings. The number of hydrogen-bond donors (Lipinski definition) is 2. The highest BCUT2D eigenvalue weighted by atomic mass is 16.7. The van der Waals surface area contributed by atoms with Gasteiger partial charge in [0.2, 0.25) is 0 Å². The molecule has 0 aromatic carbocycles. The largest absolute Gasteiger partial charge is 0.463 e. The fourth-order valence-electron chi connectivity index (χ4n) is 6.27. The van der Waals surface area contributed by atoms with Gasteiger partial charge in [-0.3, -0.25) is 14.3 Å². The third kappa shape index (κ3) is 2.67. The standard InChI is InChI=1S/C20H29BN2O6/c1-10-8-23(18(26)22-17(10)25)16-7-12(13(9-24)27-16)21-28-15-6-11-5-14(19(11,2)3)20(15,4)29-21/h8,11-16,24H,5-7,9H2,1-4H3,(H,22,25,26)/t11-,12-,13+,14-,15+,16-,20-/m0/s1. The summed E-state index contributed by atoms with van der Waals surface area (Å²) in [5, 5.41) is 9.91. The van der Waals surface area contributed by atoms with E-state index in [1.807, 2.05) is 0 Å². The molecule has 29 heavy (non-hydrogen) atoms. The second-order valence-electron chi connectivity index (χ2n) is 10.0. The van der Waals surface area contributed by atoms with Gasteiger partial charge in [0.15, 0.2) is 0 Å². The van der Waals surface area contributed by atoms with Crippen molar-refractivity contribution in [3.63, 3.8) is 0 Å². The maximum absolute atomic E-state index is 12.3. The van der Waals surface area contributed by atoms with Crippen LogP contribution in [0.1, 0.15) is 51.8 Å². The van der Waals surface area contributed by atoms with E-state index in [0.29, 0.717) is 23.8 Å². The molecule has 0 spiro atoms. The van der Waals surface area contributed by atoms with Crippen LogP contribution in [0.15, 0.2) is 15.8 Å². The number of aromatic nitrogens is 2. The maximum atomic E-state index is 12.3. The minimum atomic E-state index is -0.576. The van der Waals surface area contributed by atoms with Crippen molar-refractivity contribution in [2.75, 3.05) is 6.61 Å². The second kappa shape index (κ2) is 6.29. The molecule has 3 saturated carbocycles. The molecule has 0 amide bonds. The van der Waals surface area contributed by atoms with E-state index in [1.165, 1.54) is 17.2 Å². The number of ether oxygens (including phenoxy) is 1. The molecular weight excluding hydrogens is 375 g/mol. The summed E-state index contributed by atoms with van der Waals surface area (Å²) >= 11 is 0. The summed E-state index contributed by atoms with van der Waals surface area (Å²) in [6.45, 7) is 8.27. The van der Waals surface area contributed by atoms with Gasteiger partial charge in [0.1, 0.15) is 6.23 Å². The fourth-order valence-corrected chi connectivity index (χ4v) is 6.27. The lowest BCUT2D eigenvalue weighted by atomic mass is 9.43. The third-order valence-corrected chi connectivity index (χ3v) is 8.24. The summed E-state index contributed by atoms with van der Waals surface area (Å²) in [7, 11) is -0.470. The first kappa shape index (κ1) is 19.5. The van der Waals surface area contributed by atoms with Gasteiger partial charge >= 0.3 is 12.8 Å². The number of aromatic amines is 1. The molecule has 2 N–H and O–H groups in total. The molecule has 8 nitrogen and oxygen atoms in total. The number of aliphatic hydroxyl groups excluding tert-OH is 1. The molecule has 0 radical (unpaired) electrons. The van der Waals surface area contributed by atoms with E-state index < -0.39 is 30.7 Å². The molecule has 1 aromatic rings. The topological polar surface area (TPSA) is 103 Å². The monoisotopic (exact) mass is 404 g/mol. The number of aryl methyl sites for hydroxylation is 1. The summed E-state index contributed by atoms with van der Waals surface area (Å²) in [5.74, 6) is 0.933. The van der Waals surface area contributed by atoms with Crippen molar-refractivity contribution in [2.45, 2.75) is 76.8 Å². The predicted molar refractivity (Wildman–Crippen MR) is 106 cm³/mol. The summed E-state index contributed by atoms with van der Waals surface area (Å²) in [6, 6.07) is 0. The van der Waals surface area contributed by atoms with Gasteiger partial charge in [0.05, 0.1) is 24.4 Å². The van der Waals surface area contributed by atoms with Crippen molar-refractivity contribution < 1.29 is 19.2 Å². The maximum Gasteiger partial charge on any atom is 0.463 e. The first-order valence-electron chi connectivity index (χ1n) is 10.6. The molecule has 1 aromatic heterocycles. The van der Waals surface area contributed by atoms with Crippen molar-refractivity contribution in [3.8, 4) is 0 Å². The number of rotatable bonds is 3. The summed E-state index contributed by atoms with van der Waals surface area (Å²) in [4.78, 5) is 26.3. The average molecular weight is 404 g/mol. The SMILES string of the molecule is Cc1cn([C@@H]2C[C@H](B3O[C@@H]4C[C@@H]5C[C@@H](C5(C)C)[C@]4(C)O3)[C@@H](CO)O2)c(=O)[nH]c1=O. The normalized spacial score (nSPS) is 42.6. The van der Waals surface area contributed by atoms with Crippen LogP contribution < -0.4 is 11.2 Å². The zero-order valence-corrected chi connectivity index (χ0v) is 17.4. The number of H-pyrrole nitrogens is 1. The van der Waals surface area contributed by atoms with Crippen molar-refractivity contribution in [2.24, 2.45) is 17.3 Å². The number of nitrogens with zero attached hydrogens (tertiary/aromatic N) is 1. The molecule has 7 atom stereocenters. The zero-order valence-electron chi connectivity index (χ0n) is 17.4. The van der Waals surface area contributed by atoms with Crippen molar-refractivity contribution in [1.82, 2.24) is 9.55 Å². The smallest absolute Gasteiger partial charge is 0.405 e. The van der Waals surface area contributed by atoms with E-state index in [9.17, 15) is 14.7 Å². The van der Waals surface area contributed by atoms with E-state index in [0.717, 1.165) is 6.42 Å². The molecule has 2 aliphatic heterocycles. The van der Waals surface area contributed by atoms with Crippen LogP contribution in [0.4, 0.5) is 0 Å². The van der Waals surface area contributed by atoms with E-state index in [1.54, 1.807) is 6.92 Å². The van der Waals surface area contributed by atoms with Crippen LogP contribution in [0.25, 0.3) is 0 Å². The molecule has 2 bridgehead atoms. The third-order valence-electron chi connectivity index (χ3n) is 8.24. The molecule has 9 heteroatoms. The summed E-state index contributed by atoms with van der Waals surface area (Å²) in [5.41, 5.74) is -0.548. The van der Waals surface area contributed by atoms with E-state index in [4.69, 9.17) is 14.0 Å². The van der Waals surface area contributed by atoms with Gasteiger partial charge in [-0.25, -0.2) is 4.79 Å². The Bertz CT molecular complexity index is 944. The van der Waals surface area contributed by atoms with Gasteiger partial charge in [-0.1, -0.05) is 13.8 Å². The Balaban J connectivity index is 1.39. The Hall–Kier alpha value is -1.42. The molecule has 3 aliphatic carbocycles. The van der Waals surface area contributed by atoms with E-state index >= 15 is 0 Å². The van der Waals surface area contributed by atoms with Crippen molar-refractivity contribution in [3.05, 3.63) is 32.6 Å². The van der Waals surface area contributed by atoms with Gasteiger partial charge < -0.3 is 19.2 Å². The quantitative estimate of drug-likeness (QED) is 0.735. The van der Waals surface area contributed by atoms with Crippen molar-refractivity contribution >= 4 is 7.12 Å². The van der Waals surface area contributed by atoms with E-state index in [2.05, 4.69) is 25.8 Å². The Morgan fingerprint density at radius 2 is 2.03 bits per heavy atom. The second-order valence-corrected chi connectivity index (χ2v) is 10.0. The highest BCUT2D eigenvalue weighted by Gasteiger charge is 2.69. The Kier molecular flexibility index (Phi) is 4.24. The molecule has 3 heterocycles. The van der Waals surface area contributed by atoms with Gasteiger partial charge in [-0.2, -0.15) is 0 Å². The molecule has 0 unspecified atom stereocenters. The van der Waals surface area contributed by atoms with Crippen LogP contribution in [-0.2, 0) is 14.0 Å². The van der Waals surface area contributed by atoms with Crippen LogP contribution >= 0.6 is 0 Å². The van der Waals surface area contributed by atoms with Crippen LogP contribution in [0.2, 0.25) is 5.82 Å². The number of nitrogens with one attached hydrogen (secondary N) is 1. The highest BCUT2D eigenvalue weighted by Crippen LogP contribution is 2.66. The van der Waals surface area contributed by atoms with Gasteiger partial charge in [-0.15, -0.1) is 0 Å². The first-order valence-corrected chi connectivity index (χ1v) is 10.6. The molecular formula is C20H29BN2O6. The Morgan fingerprint density at radius 1 is 1.28 bits per heavy atom. The van der Waals surface area contributed by atoms with Crippen LogP contribution in [0, 0.1) is 24.2 Å². The zero-order chi connectivity index (χ0) is 20.7. The minimum Gasteiger partial charge on any atom is -0.405 e. The summed E-state index contributed by atoms with van der Waals surface area (Å²) in [6.07, 6.45) is 3.15. The van der Waals surface area contributed by atoms with Crippen LogP contribution in [0.3, 0.4) is 0 Å². The number of hydrogen-bond acceptors (Lipinski definition) is 6. The highest BCUT2D eigenvalue weighted by molar-refractivity contribution is 6.47. The molecule has 5 fully saturated rings. The predicted octanol–water partition coefficient (Wildman–Crippen LogP) is 1.22. The van der Waals surface area contributed by atoms with Gasteiger partial charge in [0, 0.05) is 17.6 Å². The molecule has 158 valence electrons. The Morgan fingerprint density at radius 3 is 2.72 bits per heavy atom. The fraction of sp³-hybridized carbons (Fsp3) is 0.800. The lowest BCUT2D eigenvalue weighted by Crippen LogP contribution is -2.65. The van der Waals surface area contributed by atoms with Crippen molar-refractivity contribution in [1.29, 1.82) is 0 Å². The minimum absolute atomic E-state index is 0.0562. The lowest BCUT2D eigenvalue weighted by Gasteiger charge is -2.64. The Labute approximate surface area is 169 Å². The van der Waals surface area contributed by atoms with Gasteiger partial charge in [-0.05, 0) is 50.4 Å². The first-order chi connectivity index (χ1) is 13.6. The average Bonchev–Trinajstić information content (AvgIpc) is 3.24. The number of aliphatic hydroxyl groups is 1.